The molecule has 1 fully saturated rings. The number of hydrogen-bond donors (Lipinski definition) is 1. The van der Waals surface area contributed by atoms with E-state index in [4.69, 9.17) is 0 Å². The Hall–Kier alpha value is -3.10. The Bertz CT molecular complexity index is 1440. The summed E-state index contributed by atoms with van der Waals surface area (Å²) in [7, 11) is -1.88. The maximum atomic E-state index is 13.0. The van der Waals surface area contributed by atoms with E-state index in [1.807, 2.05) is 30.3 Å². The van der Waals surface area contributed by atoms with Crippen LogP contribution in [0.1, 0.15) is 30.3 Å². The molecule has 0 unspecified atom stereocenters. The van der Waals surface area contributed by atoms with E-state index in [0.29, 0.717) is 24.5 Å². The zero-order chi connectivity index (χ0) is 22.5. The molecule has 1 aliphatic rings. The van der Waals surface area contributed by atoms with Crippen LogP contribution in [0.2, 0.25) is 0 Å². The van der Waals surface area contributed by atoms with Gasteiger partial charge in [-0.3, -0.25) is 4.79 Å². The average Bonchev–Trinajstić information content (AvgIpc) is 3.51. The summed E-state index contributed by atoms with van der Waals surface area (Å²) in [6.45, 7) is 4.03. The second-order valence-corrected chi connectivity index (χ2v) is 10.2. The smallest absolute Gasteiger partial charge is 0.272 e. The van der Waals surface area contributed by atoms with Crippen molar-refractivity contribution in [3.8, 4) is 0 Å². The van der Waals surface area contributed by atoms with Crippen LogP contribution in [0.25, 0.3) is 21.8 Å². The highest BCUT2D eigenvalue weighted by Crippen LogP contribution is 2.31. The van der Waals surface area contributed by atoms with Crippen LogP contribution in [0.3, 0.4) is 0 Å². The van der Waals surface area contributed by atoms with Crippen molar-refractivity contribution in [2.75, 3.05) is 18.4 Å². The van der Waals surface area contributed by atoms with Gasteiger partial charge >= 0.3 is 0 Å². The average molecular weight is 451 g/mol. The lowest BCUT2D eigenvalue weighted by atomic mass is 10.1. The molecule has 4 aromatic rings. The van der Waals surface area contributed by atoms with Crippen LogP contribution >= 0.6 is 0 Å². The van der Waals surface area contributed by atoms with Crippen LogP contribution in [0.15, 0.2) is 59.6 Å². The van der Waals surface area contributed by atoms with Gasteiger partial charge in [0.05, 0.1) is 0 Å². The molecule has 1 saturated heterocycles. The number of sulfonamides is 1. The summed E-state index contributed by atoms with van der Waals surface area (Å²) in [5.41, 5.74) is 3.25. The van der Waals surface area contributed by atoms with E-state index < -0.39 is 10.0 Å². The first-order valence-electron chi connectivity index (χ1n) is 10.9. The van der Waals surface area contributed by atoms with Gasteiger partial charge in [-0.15, -0.1) is 0 Å². The fraction of sp³-hybridized carbons (Fsp3) is 0.292. The number of nitrogens with zero attached hydrogens (tertiary/aromatic N) is 3. The number of benzene rings is 2. The Morgan fingerprint density at radius 2 is 1.72 bits per heavy atom. The molecule has 3 heterocycles. The van der Waals surface area contributed by atoms with E-state index in [1.165, 1.54) is 16.6 Å². The largest absolute Gasteiger partial charge is 0.345 e. The number of hydrogen-bond acceptors (Lipinski definition) is 3. The molecule has 0 radical (unpaired) electrons. The van der Waals surface area contributed by atoms with Gasteiger partial charge in [0.25, 0.3) is 5.91 Å². The van der Waals surface area contributed by atoms with Crippen molar-refractivity contribution in [2.24, 2.45) is 7.05 Å². The summed E-state index contributed by atoms with van der Waals surface area (Å²) in [5, 5.41) is 5.15. The van der Waals surface area contributed by atoms with Gasteiger partial charge in [-0.05, 0) is 50.1 Å². The van der Waals surface area contributed by atoms with Crippen molar-refractivity contribution in [1.29, 1.82) is 0 Å². The molecule has 1 N–H and O–H groups in total. The number of anilines is 1. The van der Waals surface area contributed by atoms with Crippen LogP contribution in [-0.4, -0.2) is 40.9 Å². The predicted octanol–water partition coefficient (Wildman–Crippen LogP) is 4.19. The topological polar surface area (TPSA) is 76.3 Å². The number of carbonyl (C=O) groups is 1. The van der Waals surface area contributed by atoms with Crippen molar-refractivity contribution < 1.29 is 13.2 Å². The zero-order valence-electron chi connectivity index (χ0n) is 18.2. The first kappa shape index (κ1) is 20.8. The Balaban J connectivity index is 1.47. The quantitative estimate of drug-likeness (QED) is 0.495. The molecule has 0 saturated carbocycles. The van der Waals surface area contributed by atoms with Gasteiger partial charge < -0.3 is 14.5 Å². The number of nitrogens with one attached hydrogen (secondary N) is 1. The van der Waals surface area contributed by atoms with Gasteiger partial charge in [0.1, 0.15) is 10.6 Å². The number of carbonyl (C=O) groups excluding carboxylic acids is 1. The minimum absolute atomic E-state index is 0.161. The Morgan fingerprint density at radius 1 is 1.00 bits per heavy atom. The highest BCUT2D eigenvalue weighted by Gasteiger charge is 2.29. The van der Waals surface area contributed by atoms with Gasteiger partial charge in [-0.2, -0.15) is 4.31 Å². The second-order valence-electron chi connectivity index (χ2n) is 8.23. The van der Waals surface area contributed by atoms with Crippen LogP contribution in [0.4, 0.5) is 5.69 Å². The molecule has 2 aromatic carbocycles. The van der Waals surface area contributed by atoms with Gasteiger partial charge in [0.15, 0.2) is 0 Å². The number of aromatic nitrogens is 2. The number of amides is 1. The summed E-state index contributed by atoms with van der Waals surface area (Å²) in [4.78, 5) is 13.2. The van der Waals surface area contributed by atoms with Crippen molar-refractivity contribution in [2.45, 2.75) is 31.2 Å². The highest BCUT2D eigenvalue weighted by atomic mass is 32.2. The summed E-state index contributed by atoms with van der Waals surface area (Å²) < 4.78 is 31.0. The summed E-state index contributed by atoms with van der Waals surface area (Å²) in [6.07, 6.45) is 3.26. The van der Waals surface area contributed by atoms with Crippen LogP contribution in [-0.2, 0) is 23.6 Å². The molecule has 0 bridgehead atoms. The number of aryl methyl sites for hydroxylation is 2. The molecular formula is C24H26N4O3S. The predicted molar refractivity (Wildman–Crippen MR) is 126 cm³/mol. The normalized spacial score (nSPS) is 15.1. The number of para-hydroxylation sites is 1. The Labute approximate surface area is 187 Å². The molecule has 5 rings (SSSR count). The molecule has 0 aliphatic carbocycles. The molecule has 2 aromatic heterocycles. The lowest BCUT2D eigenvalue weighted by molar-refractivity contribution is 0.101. The van der Waals surface area contributed by atoms with E-state index in [-0.39, 0.29) is 10.8 Å². The summed E-state index contributed by atoms with van der Waals surface area (Å²) in [5.74, 6) is -0.339. The first-order chi connectivity index (χ1) is 15.4. The van der Waals surface area contributed by atoms with Gasteiger partial charge in [-0.1, -0.05) is 18.2 Å². The lowest BCUT2D eigenvalue weighted by Gasteiger charge is -2.13. The zero-order valence-corrected chi connectivity index (χ0v) is 19.0. The molecule has 8 heteroatoms. The van der Waals surface area contributed by atoms with Crippen molar-refractivity contribution >= 4 is 43.4 Å². The van der Waals surface area contributed by atoms with E-state index in [1.54, 1.807) is 11.6 Å². The Morgan fingerprint density at radius 3 is 2.47 bits per heavy atom. The van der Waals surface area contributed by atoms with Crippen molar-refractivity contribution in [3.63, 3.8) is 0 Å². The summed E-state index contributed by atoms with van der Waals surface area (Å²) in [6, 6.07) is 15.6. The third-order valence-electron chi connectivity index (χ3n) is 6.26. The van der Waals surface area contributed by atoms with Crippen LogP contribution in [0, 0.1) is 0 Å². The maximum absolute atomic E-state index is 13.0. The Kier molecular flexibility index (Phi) is 5.06. The monoisotopic (exact) mass is 450 g/mol. The van der Waals surface area contributed by atoms with Crippen molar-refractivity contribution in [3.05, 3.63) is 60.4 Å². The fourth-order valence-electron chi connectivity index (χ4n) is 4.65. The third kappa shape index (κ3) is 3.30. The third-order valence-corrected chi connectivity index (χ3v) is 8.13. The number of rotatable bonds is 5. The van der Waals surface area contributed by atoms with Crippen molar-refractivity contribution in [1.82, 2.24) is 13.4 Å². The molecule has 7 nitrogen and oxygen atoms in total. The fourth-order valence-corrected chi connectivity index (χ4v) is 6.23. The van der Waals surface area contributed by atoms with Gasteiger partial charge in [0.2, 0.25) is 10.0 Å². The standard InChI is InChI=1S/C24H26N4O3S/c1-3-28-21-9-5-4-8-19(21)20-14-17(10-11-22(20)28)25-24(29)23-15-18(16-26(23)2)32(30,31)27-12-6-7-13-27/h4-5,8-11,14-16H,3,6-7,12-13H2,1-2H3,(H,25,29). The highest BCUT2D eigenvalue weighted by molar-refractivity contribution is 7.89. The molecule has 1 aliphatic heterocycles. The molecule has 0 atom stereocenters. The number of fused-ring (bicyclic) bond motifs is 3. The van der Waals surface area contributed by atoms with Crippen LogP contribution < -0.4 is 5.32 Å². The SMILES string of the molecule is CCn1c2ccccc2c2cc(NC(=O)c3cc(S(=O)(=O)N4CCCC4)cn3C)ccc21. The molecule has 32 heavy (non-hydrogen) atoms. The minimum Gasteiger partial charge on any atom is -0.345 e. The van der Waals surface area contributed by atoms with E-state index in [9.17, 15) is 13.2 Å². The maximum Gasteiger partial charge on any atom is 0.272 e. The van der Waals surface area contributed by atoms with E-state index in [0.717, 1.165) is 41.2 Å². The van der Waals surface area contributed by atoms with Crippen LogP contribution in [0.5, 0.6) is 0 Å². The first-order valence-corrected chi connectivity index (χ1v) is 12.3. The van der Waals surface area contributed by atoms with Gasteiger partial charge in [-0.25, -0.2) is 8.42 Å². The molecule has 166 valence electrons. The van der Waals surface area contributed by atoms with Gasteiger partial charge in [0, 0.05) is 60.4 Å². The second kappa shape index (κ2) is 7.79. The molecule has 0 spiro atoms. The van der Waals surface area contributed by atoms with E-state index >= 15 is 0 Å². The summed E-state index contributed by atoms with van der Waals surface area (Å²) >= 11 is 0. The molecule has 1 amide bonds. The van der Waals surface area contributed by atoms with E-state index in [2.05, 4.69) is 28.9 Å². The molecular weight excluding hydrogens is 424 g/mol. The lowest BCUT2D eigenvalue weighted by Crippen LogP contribution is -2.27. The minimum atomic E-state index is -3.57.